The normalized spacial score (nSPS) is 24.3. The first-order valence-corrected chi connectivity index (χ1v) is 5.61. The maximum Gasteiger partial charge on any atom is 0.339 e. The van der Waals surface area contributed by atoms with Crippen molar-refractivity contribution in [2.75, 3.05) is 5.32 Å². The van der Waals surface area contributed by atoms with E-state index in [1.54, 1.807) is 18.3 Å². The second-order valence-electron chi connectivity index (χ2n) is 4.46. The number of aromatic carboxylic acids is 1. The number of hydrogen-bond acceptors (Lipinski definition) is 3. The number of rotatable bonds is 3. The summed E-state index contributed by atoms with van der Waals surface area (Å²) < 4.78 is 0. The van der Waals surface area contributed by atoms with E-state index in [2.05, 4.69) is 17.2 Å². The van der Waals surface area contributed by atoms with E-state index in [4.69, 9.17) is 5.11 Å². The van der Waals surface area contributed by atoms with Crippen LogP contribution in [0.15, 0.2) is 18.3 Å². The van der Waals surface area contributed by atoms with Crippen molar-refractivity contribution in [2.24, 2.45) is 5.92 Å². The maximum atomic E-state index is 11.0. The first kappa shape index (κ1) is 10.9. The number of pyridine rings is 1. The van der Waals surface area contributed by atoms with Gasteiger partial charge in [0.2, 0.25) is 0 Å². The van der Waals surface area contributed by atoms with Gasteiger partial charge in [0.25, 0.3) is 0 Å². The number of carboxylic acid groups (broad SMARTS) is 1. The van der Waals surface area contributed by atoms with Gasteiger partial charge >= 0.3 is 5.97 Å². The molecule has 1 aromatic heterocycles. The zero-order valence-corrected chi connectivity index (χ0v) is 9.31. The van der Waals surface area contributed by atoms with Crippen LogP contribution in [0.4, 0.5) is 5.82 Å². The van der Waals surface area contributed by atoms with Gasteiger partial charge in [-0.15, -0.1) is 0 Å². The van der Waals surface area contributed by atoms with Gasteiger partial charge in [-0.2, -0.15) is 0 Å². The molecule has 2 rings (SSSR count). The molecule has 1 saturated carbocycles. The lowest BCUT2D eigenvalue weighted by Gasteiger charge is -2.14. The minimum absolute atomic E-state index is 0.252. The molecule has 4 nitrogen and oxygen atoms in total. The summed E-state index contributed by atoms with van der Waals surface area (Å²) in [5, 5.41) is 12.2. The first-order valence-electron chi connectivity index (χ1n) is 5.61. The fourth-order valence-corrected chi connectivity index (χ4v) is 2.22. The van der Waals surface area contributed by atoms with Crippen molar-refractivity contribution >= 4 is 11.8 Å². The molecule has 86 valence electrons. The SMILES string of the molecule is CC1CCC(Nc2ncccc2C(=O)O)C1. The van der Waals surface area contributed by atoms with Gasteiger partial charge in [0.15, 0.2) is 0 Å². The quantitative estimate of drug-likeness (QED) is 0.821. The molecule has 2 unspecified atom stereocenters. The van der Waals surface area contributed by atoms with Gasteiger partial charge in [-0.1, -0.05) is 6.92 Å². The Hall–Kier alpha value is -1.58. The minimum Gasteiger partial charge on any atom is -0.478 e. The summed E-state index contributed by atoms with van der Waals surface area (Å²) >= 11 is 0. The molecule has 1 heterocycles. The van der Waals surface area contributed by atoms with Crippen molar-refractivity contribution in [2.45, 2.75) is 32.2 Å². The third-order valence-corrected chi connectivity index (χ3v) is 3.07. The third kappa shape index (κ3) is 2.32. The molecule has 1 aromatic rings. The number of hydrogen-bond donors (Lipinski definition) is 2. The summed E-state index contributed by atoms with van der Waals surface area (Å²) in [6.45, 7) is 2.22. The number of nitrogens with zero attached hydrogens (tertiary/aromatic N) is 1. The molecule has 1 fully saturated rings. The lowest BCUT2D eigenvalue weighted by Crippen LogP contribution is -2.18. The molecular weight excluding hydrogens is 204 g/mol. The van der Waals surface area contributed by atoms with Crippen LogP contribution < -0.4 is 5.32 Å². The summed E-state index contributed by atoms with van der Waals surface area (Å²) in [6.07, 6.45) is 5.01. The zero-order chi connectivity index (χ0) is 11.5. The van der Waals surface area contributed by atoms with Crippen molar-refractivity contribution in [3.05, 3.63) is 23.9 Å². The van der Waals surface area contributed by atoms with Crippen molar-refractivity contribution in [1.82, 2.24) is 4.98 Å². The van der Waals surface area contributed by atoms with Crippen molar-refractivity contribution < 1.29 is 9.90 Å². The second-order valence-corrected chi connectivity index (χ2v) is 4.46. The molecule has 0 aromatic carbocycles. The highest BCUT2D eigenvalue weighted by molar-refractivity contribution is 5.93. The Kier molecular flexibility index (Phi) is 3.08. The molecule has 0 bridgehead atoms. The third-order valence-electron chi connectivity index (χ3n) is 3.07. The second kappa shape index (κ2) is 4.51. The topological polar surface area (TPSA) is 62.2 Å². The lowest BCUT2D eigenvalue weighted by molar-refractivity contribution is 0.0697. The van der Waals surface area contributed by atoms with Crippen molar-refractivity contribution in [1.29, 1.82) is 0 Å². The number of carbonyl (C=O) groups is 1. The monoisotopic (exact) mass is 220 g/mol. The Morgan fingerprint density at radius 3 is 3.00 bits per heavy atom. The van der Waals surface area contributed by atoms with Gasteiger partial charge in [0.1, 0.15) is 11.4 Å². The number of nitrogens with one attached hydrogen (secondary N) is 1. The molecule has 0 saturated heterocycles. The Balaban J connectivity index is 2.12. The zero-order valence-electron chi connectivity index (χ0n) is 9.31. The molecule has 0 radical (unpaired) electrons. The molecular formula is C12H16N2O2. The lowest BCUT2D eigenvalue weighted by atomic mass is 10.1. The summed E-state index contributed by atoms with van der Waals surface area (Å²) in [5.41, 5.74) is 0.252. The molecule has 2 atom stereocenters. The highest BCUT2D eigenvalue weighted by atomic mass is 16.4. The van der Waals surface area contributed by atoms with Gasteiger partial charge in [-0.25, -0.2) is 9.78 Å². The average Bonchev–Trinajstić information content (AvgIpc) is 2.64. The Bertz CT molecular complexity index is 392. The summed E-state index contributed by atoms with van der Waals surface area (Å²) in [6, 6.07) is 3.59. The molecule has 1 aliphatic rings. The fraction of sp³-hybridized carbons (Fsp3) is 0.500. The molecule has 0 amide bonds. The van der Waals surface area contributed by atoms with Crippen LogP contribution in [0.25, 0.3) is 0 Å². The Labute approximate surface area is 94.7 Å². The molecule has 2 N–H and O–H groups in total. The first-order chi connectivity index (χ1) is 7.66. The predicted molar refractivity (Wildman–Crippen MR) is 61.6 cm³/mol. The summed E-state index contributed by atoms with van der Waals surface area (Å²) in [4.78, 5) is 15.1. The standard InChI is InChI=1S/C12H16N2O2/c1-8-4-5-9(7-8)14-11-10(12(15)16)3-2-6-13-11/h2-3,6,8-9H,4-5,7H2,1H3,(H,13,14)(H,15,16). The highest BCUT2D eigenvalue weighted by Gasteiger charge is 2.22. The Morgan fingerprint density at radius 2 is 2.38 bits per heavy atom. The van der Waals surface area contributed by atoms with Crippen LogP contribution in [0.3, 0.4) is 0 Å². The van der Waals surface area contributed by atoms with E-state index in [0.29, 0.717) is 11.9 Å². The smallest absolute Gasteiger partial charge is 0.339 e. The minimum atomic E-state index is -0.929. The van der Waals surface area contributed by atoms with Gasteiger partial charge < -0.3 is 10.4 Å². The van der Waals surface area contributed by atoms with E-state index < -0.39 is 5.97 Å². The molecule has 1 aliphatic carbocycles. The maximum absolute atomic E-state index is 11.0. The number of aromatic nitrogens is 1. The molecule has 4 heteroatoms. The van der Waals surface area contributed by atoms with Gasteiger partial charge in [-0.05, 0) is 37.3 Å². The predicted octanol–water partition coefficient (Wildman–Crippen LogP) is 2.38. The van der Waals surface area contributed by atoms with Crippen LogP contribution in [0.1, 0.15) is 36.5 Å². The van der Waals surface area contributed by atoms with E-state index in [1.165, 1.54) is 6.42 Å². The molecule has 0 aliphatic heterocycles. The fourth-order valence-electron chi connectivity index (χ4n) is 2.22. The molecule has 0 spiro atoms. The van der Waals surface area contributed by atoms with E-state index >= 15 is 0 Å². The van der Waals surface area contributed by atoms with Crippen LogP contribution in [-0.4, -0.2) is 22.1 Å². The Morgan fingerprint density at radius 1 is 1.56 bits per heavy atom. The highest BCUT2D eigenvalue weighted by Crippen LogP contribution is 2.27. The van der Waals surface area contributed by atoms with Crippen LogP contribution in [0.5, 0.6) is 0 Å². The van der Waals surface area contributed by atoms with E-state index in [0.717, 1.165) is 18.8 Å². The van der Waals surface area contributed by atoms with Gasteiger partial charge in [0.05, 0.1) is 0 Å². The van der Waals surface area contributed by atoms with E-state index in [9.17, 15) is 4.79 Å². The van der Waals surface area contributed by atoms with Crippen LogP contribution in [0.2, 0.25) is 0 Å². The largest absolute Gasteiger partial charge is 0.478 e. The van der Waals surface area contributed by atoms with E-state index in [1.807, 2.05) is 0 Å². The average molecular weight is 220 g/mol. The van der Waals surface area contributed by atoms with Crippen LogP contribution in [-0.2, 0) is 0 Å². The number of carboxylic acids is 1. The van der Waals surface area contributed by atoms with Crippen LogP contribution >= 0.6 is 0 Å². The summed E-state index contributed by atoms with van der Waals surface area (Å²) in [7, 11) is 0. The van der Waals surface area contributed by atoms with Gasteiger partial charge in [0, 0.05) is 12.2 Å². The number of anilines is 1. The van der Waals surface area contributed by atoms with Crippen molar-refractivity contribution in [3.63, 3.8) is 0 Å². The van der Waals surface area contributed by atoms with Gasteiger partial charge in [-0.3, -0.25) is 0 Å². The summed E-state index contributed by atoms with van der Waals surface area (Å²) in [5.74, 6) is 0.283. The van der Waals surface area contributed by atoms with Crippen molar-refractivity contribution in [3.8, 4) is 0 Å². The van der Waals surface area contributed by atoms with Crippen LogP contribution in [0, 0.1) is 5.92 Å². The molecule has 16 heavy (non-hydrogen) atoms. The van der Waals surface area contributed by atoms with E-state index in [-0.39, 0.29) is 5.56 Å².